The lowest BCUT2D eigenvalue weighted by atomic mass is 9.95. The summed E-state index contributed by atoms with van der Waals surface area (Å²) in [4.78, 5) is 47.4. The molecule has 3 aromatic carbocycles. The van der Waals surface area contributed by atoms with Gasteiger partial charge in [0.05, 0.1) is 23.0 Å². The number of rotatable bonds is 7. The minimum absolute atomic E-state index is 0.0323. The lowest BCUT2D eigenvalue weighted by molar-refractivity contribution is 0.0122. The summed E-state index contributed by atoms with van der Waals surface area (Å²) in [6, 6.07) is 11.1. The van der Waals surface area contributed by atoms with Crippen molar-refractivity contribution >= 4 is 39.7 Å². The topological polar surface area (TPSA) is 113 Å². The number of pyridine rings is 1. The zero-order valence-corrected chi connectivity index (χ0v) is 34.7. The van der Waals surface area contributed by atoms with Crippen molar-refractivity contribution in [2.24, 2.45) is 0 Å². The van der Waals surface area contributed by atoms with Crippen molar-refractivity contribution in [2.75, 3.05) is 45.2 Å². The van der Waals surface area contributed by atoms with Crippen molar-refractivity contribution in [3.63, 3.8) is 0 Å². The minimum Gasteiger partial charge on any atom is -0.461 e. The molecule has 0 spiro atoms. The van der Waals surface area contributed by atoms with Gasteiger partial charge in [0.2, 0.25) is 0 Å². The Hall–Kier alpha value is -5.77. The number of benzene rings is 3. The molecule has 2 bridgehead atoms. The van der Waals surface area contributed by atoms with Crippen LogP contribution in [0.15, 0.2) is 54.7 Å². The van der Waals surface area contributed by atoms with E-state index in [-0.39, 0.29) is 86.9 Å². The molecule has 0 aliphatic carbocycles. The Morgan fingerprint density at radius 1 is 0.918 bits per heavy atom. The number of carbonyl (C=O) groups excluding carboxylic acids is 2. The molecule has 0 saturated carbocycles. The summed E-state index contributed by atoms with van der Waals surface area (Å²) in [5.74, 6) is -3.29. The molecule has 320 valence electrons. The number of halogens is 4. The van der Waals surface area contributed by atoms with E-state index < -0.39 is 29.1 Å². The van der Waals surface area contributed by atoms with Crippen LogP contribution in [0.5, 0.6) is 11.8 Å². The average molecular weight is 842 g/mol. The number of piperazine rings is 1. The predicted octanol–water partition coefficient (Wildman–Crippen LogP) is 8.80. The number of fused-ring (bicyclic) bond motifs is 5. The van der Waals surface area contributed by atoms with Gasteiger partial charge in [-0.3, -0.25) is 14.8 Å². The van der Waals surface area contributed by atoms with Gasteiger partial charge in [0.25, 0.3) is 0 Å². The third kappa shape index (κ3) is 7.42. The van der Waals surface area contributed by atoms with Gasteiger partial charge in [-0.1, -0.05) is 18.2 Å². The fraction of sp³-hybridized carbons (Fsp3) is 0.444. The largest absolute Gasteiger partial charge is 0.461 e. The maximum atomic E-state index is 17.4. The first-order chi connectivity index (χ1) is 29.1. The van der Waals surface area contributed by atoms with Crippen molar-refractivity contribution in [3.8, 4) is 23.0 Å². The Balaban J connectivity index is 1.13. The van der Waals surface area contributed by atoms with E-state index in [1.807, 2.05) is 37.8 Å². The molecule has 2 amide bonds. The molecule has 4 fully saturated rings. The molecule has 2 unspecified atom stereocenters. The summed E-state index contributed by atoms with van der Waals surface area (Å²) in [7, 11) is 2.98. The summed E-state index contributed by atoms with van der Waals surface area (Å²) < 4.78 is 79.6. The number of ether oxygens (including phenoxy) is 3. The molecule has 4 aliphatic rings. The van der Waals surface area contributed by atoms with Crippen LogP contribution in [0.2, 0.25) is 0 Å². The van der Waals surface area contributed by atoms with Crippen molar-refractivity contribution < 1.29 is 41.4 Å². The standard InChI is InChI=1S/C45H47F4N7O5/c1-44(2,3)61-43(58)56-28-12-13-29(56)23-54(22-28)40-32-21-50-38(31-20-30(60-42(57)53(4)5)19-26-9-14-33(47)36(48)35(26)31)37(49)39(32)51-41(52-40)59-24-45-16-6-18-55(45)34(15-17-45)25-7-10-27(46)11-8-25/h7-11,14,19-21,28-29,34H,6,12-13,15-18,22-24H2,1-5H3/t28-,29+,34?,45?. The third-order valence-corrected chi connectivity index (χ3v) is 12.5. The summed E-state index contributed by atoms with van der Waals surface area (Å²) in [6.45, 7) is 7.26. The first-order valence-electron chi connectivity index (χ1n) is 20.7. The van der Waals surface area contributed by atoms with Crippen LogP contribution in [0.4, 0.5) is 33.0 Å². The number of amides is 2. The molecule has 6 heterocycles. The second kappa shape index (κ2) is 15.3. The second-order valence-electron chi connectivity index (χ2n) is 17.8. The van der Waals surface area contributed by atoms with Crippen LogP contribution >= 0.6 is 0 Å². The first kappa shape index (κ1) is 40.6. The SMILES string of the molecule is CN(C)C(=O)Oc1cc(-c2ncc3c(N4C[C@H]5CC[C@@H](C4)N5C(=O)OC(C)(C)C)nc(OCC45CCCN4C(c4ccc(F)cc4)CC5)nc3c2F)c2c(F)c(F)ccc2c1. The van der Waals surface area contributed by atoms with Gasteiger partial charge in [-0.2, -0.15) is 9.97 Å². The quantitative estimate of drug-likeness (QED) is 0.147. The Labute approximate surface area is 350 Å². The van der Waals surface area contributed by atoms with Crippen LogP contribution in [0.1, 0.15) is 70.9 Å². The van der Waals surface area contributed by atoms with Crippen LogP contribution in [-0.2, 0) is 4.74 Å². The third-order valence-electron chi connectivity index (χ3n) is 12.5. The number of nitrogens with zero attached hydrogens (tertiary/aromatic N) is 7. The number of hydrogen-bond donors (Lipinski definition) is 0. The van der Waals surface area contributed by atoms with Gasteiger partial charge in [-0.05, 0) is 107 Å². The molecular weight excluding hydrogens is 795 g/mol. The smallest absolute Gasteiger partial charge is 0.414 e. The van der Waals surface area contributed by atoms with E-state index in [4.69, 9.17) is 19.2 Å². The lowest BCUT2D eigenvalue weighted by Crippen LogP contribution is -2.57. The normalized spacial score (nSPS) is 22.5. The highest BCUT2D eigenvalue weighted by Gasteiger charge is 2.50. The fourth-order valence-corrected chi connectivity index (χ4v) is 9.74. The van der Waals surface area contributed by atoms with Crippen LogP contribution in [0.25, 0.3) is 32.9 Å². The predicted molar refractivity (Wildman–Crippen MR) is 219 cm³/mol. The Morgan fingerprint density at radius 2 is 1.66 bits per heavy atom. The lowest BCUT2D eigenvalue weighted by Gasteiger charge is -2.42. The number of aromatic nitrogens is 3. The van der Waals surface area contributed by atoms with Crippen molar-refractivity contribution in [1.82, 2.24) is 29.7 Å². The number of anilines is 1. The molecule has 0 N–H and O–H groups in total. The minimum atomic E-state index is -1.22. The molecule has 0 radical (unpaired) electrons. The molecule has 9 rings (SSSR count). The zero-order chi connectivity index (χ0) is 43.0. The number of carbonyl (C=O) groups is 2. The molecule has 12 nitrogen and oxygen atoms in total. The van der Waals surface area contributed by atoms with E-state index >= 15 is 8.78 Å². The summed E-state index contributed by atoms with van der Waals surface area (Å²) in [5, 5.41) is 0.150. The van der Waals surface area contributed by atoms with Gasteiger partial charge in [0.15, 0.2) is 17.5 Å². The molecule has 4 aliphatic heterocycles. The fourth-order valence-electron chi connectivity index (χ4n) is 9.74. The molecule has 16 heteroatoms. The van der Waals surface area contributed by atoms with Crippen LogP contribution in [-0.4, -0.2) is 105 Å². The van der Waals surface area contributed by atoms with Crippen molar-refractivity contribution in [3.05, 3.63) is 83.6 Å². The highest BCUT2D eigenvalue weighted by molar-refractivity contribution is 6.00. The van der Waals surface area contributed by atoms with E-state index in [1.165, 1.54) is 55.5 Å². The molecule has 61 heavy (non-hydrogen) atoms. The van der Waals surface area contributed by atoms with E-state index in [9.17, 15) is 18.4 Å². The average Bonchev–Trinajstić information content (AvgIpc) is 3.87. The van der Waals surface area contributed by atoms with Crippen LogP contribution in [0, 0.1) is 23.3 Å². The number of hydrogen-bond acceptors (Lipinski definition) is 10. The maximum absolute atomic E-state index is 17.4. The Kier molecular flexibility index (Phi) is 10.2. The summed E-state index contributed by atoms with van der Waals surface area (Å²) >= 11 is 0. The molecular formula is C45H47F4N7O5. The van der Waals surface area contributed by atoms with E-state index in [0.29, 0.717) is 18.9 Å². The molecule has 2 aromatic heterocycles. The monoisotopic (exact) mass is 841 g/mol. The van der Waals surface area contributed by atoms with Gasteiger partial charge in [-0.25, -0.2) is 27.2 Å². The Morgan fingerprint density at radius 3 is 2.36 bits per heavy atom. The highest BCUT2D eigenvalue weighted by Crippen LogP contribution is 2.49. The van der Waals surface area contributed by atoms with Crippen LogP contribution < -0.4 is 14.4 Å². The van der Waals surface area contributed by atoms with E-state index in [0.717, 1.165) is 56.7 Å². The van der Waals surface area contributed by atoms with Crippen molar-refractivity contribution in [1.29, 1.82) is 0 Å². The van der Waals surface area contributed by atoms with Crippen LogP contribution in [0.3, 0.4) is 0 Å². The highest BCUT2D eigenvalue weighted by atomic mass is 19.2. The maximum Gasteiger partial charge on any atom is 0.414 e. The second-order valence-corrected chi connectivity index (χ2v) is 17.8. The molecule has 4 saturated heterocycles. The van der Waals surface area contributed by atoms with Gasteiger partial charge in [-0.15, -0.1) is 0 Å². The van der Waals surface area contributed by atoms with Gasteiger partial charge < -0.3 is 24.0 Å². The van der Waals surface area contributed by atoms with E-state index in [2.05, 4.69) is 14.9 Å². The molecule has 5 aromatic rings. The molecule has 4 atom stereocenters. The summed E-state index contributed by atoms with van der Waals surface area (Å²) in [5.41, 5.74) is -0.675. The first-order valence-corrected chi connectivity index (χ1v) is 20.7. The van der Waals surface area contributed by atoms with Gasteiger partial charge in [0.1, 0.15) is 40.8 Å². The summed E-state index contributed by atoms with van der Waals surface area (Å²) in [6.07, 6.45) is 5.21. The van der Waals surface area contributed by atoms with Gasteiger partial charge in [0, 0.05) is 50.4 Å². The van der Waals surface area contributed by atoms with Crippen molar-refractivity contribution in [2.45, 2.75) is 88.6 Å². The zero-order valence-electron chi connectivity index (χ0n) is 34.7. The van der Waals surface area contributed by atoms with Gasteiger partial charge >= 0.3 is 18.2 Å². The van der Waals surface area contributed by atoms with E-state index in [1.54, 1.807) is 4.90 Å². The Bertz CT molecular complexity index is 2540.